The van der Waals surface area contributed by atoms with E-state index < -0.39 is 0 Å². The van der Waals surface area contributed by atoms with Gasteiger partial charge >= 0.3 is 0 Å². The summed E-state index contributed by atoms with van der Waals surface area (Å²) in [5, 5.41) is 3.74. The summed E-state index contributed by atoms with van der Waals surface area (Å²) in [6.45, 7) is 13.0. The Balaban J connectivity index is 2.15. The fourth-order valence-corrected chi connectivity index (χ4v) is 2.60. The Morgan fingerprint density at radius 3 is 2.72 bits per heavy atom. The molecule has 1 saturated heterocycles. The monoisotopic (exact) mass is 255 g/mol. The number of likely N-dealkylation sites (tertiary alicyclic amines) is 1. The molecule has 0 saturated carbocycles. The average molecular weight is 255 g/mol. The van der Waals surface area contributed by atoms with E-state index in [4.69, 9.17) is 0 Å². The predicted octanol–water partition coefficient (Wildman–Crippen LogP) is 2.18. The Hall–Kier alpha value is -0.120. The molecule has 108 valence electrons. The highest BCUT2D eigenvalue weighted by Crippen LogP contribution is 2.11. The largest absolute Gasteiger partial charge is 0.313 e. The Morgan fingerprint density at radius 2 is 2.06 bits per heavy atom. The number of likely N-dealkylation sites (N-methyl/N-ethyl adjacent to an activating group) is 1. The summed E-state index contributed by atoms with van der Waals surface area (Å²) in [7, 11) is 2.21. The molecule has 1 aliphatic rings. The third kappa shape index (κ3) is 6.17. The fourth-order valence-electron chi connectivity index (χ4n) is 2.60. The maximum absolute atomic E-state index is 3.74. The molecular weight excluding hydrogens is 222 g/mol. The molecule has 3 nitrogen and oxygen atoms in total. The Bertz CT molecular complexity index is 206. The lowest BCUT2D eigenvalue weighted by Crippen LogP contribution is -2.38. The van der Waals surface area contributed by atoms with E-state index in [-0.39, 0.29) is 0 Å². The first-order valence-corrected chi connectivity index (χ1v) is 7.79. The van der Waals surface area contributed by atoms with Gasteiger partial charge in [-0.1, -0.05) is 6.92 Å². The van der Waals surface area contributed by atoms with Crippen LogP contribution in [0.15, 0.2) is 0 Å². The van der Waals surface area contributed by atoms with Gasteiger partial charge < -0.3 is 15.1 Å². The van der Waals surface area contributed by atoms with E-state index in [2.05, 4.69) is 42.9 Å². The molecule has 1 N–H and O–H groups in total. The molecular formula is C15H33N3. The van der Waals surface area contributed by atoms with Crippen LogP contribution < -0.4 is 5.32 Å². The van der Waals surface area contributed by atoms with Crippen LogP contribution in [0, 0.1) is 0 Å². The minimum atomic E-state index is 0.654. The van der Waals surface area contributed by atoms with Gasteiger partial charge in [-0.05, 0) is 66.2 Å². The summed E-state index contributed by atoms with van der Waals surface area (Å²) < 4.78 is 0. The zero-order valence-electron chi connectivity index (χ0n) is 12.9. The van der Waals surface area contributed by atoms with E-state index in [1.807, 2.05) is 0 Å². The second-order valence-corrected chi connectivity index (χ2v) is 6.00. The fraction of sp³-hybridized carbons (Fsp3) is 1.00. The van der Waals surface area contributed by atoms with Crippen molar-refractivity contribution < 1.29 is 0 Å². The van der Waals surface area contributed by atoms with E-state index >= 15 is 0 Å². The van der Waals surface area contributed by atoms with Crippen molar-refractivity contribution in [1.82, 2.24) is 15.1 Å². The minimum absolute atomic E-state index is 0.654. The summed E-state index contributed by atoms with van der Waals surface area (Å²) in [5.74, 6) is 0. The third-order valence-electron chi connectivity index (χ3n) is 4.14. The zero-order valence-corrected chi connectivity index (χ0v) is 12.9. The molecule has 1 fully saturated rings. The van der Waals surface area contributed by atoms with Gasteiger partial charge in [-0.15, -0.1) is 0 Å². The second-order valence-electron chi connectivity index (χ2n) is 6.00. The predicted molar refractivity (Wildman–Crippen MR) is 80.1 cm³/mol. The SMILES string of the molecule is CCCN1CCCC(NCCN(C)C(C)C)CC1. The molecule has 0 spiro atoms. The van der Waals surface area contributed by atoms with Crippen molar-refractivity contribution in [1.29, 1.82) is 0 Å². The number of nitrogens with one attached hydrogen (secondary N) is 1. The van der Waals surface area contributed by atoms with Crippen molar-refractivity contribution in [3.05, 3.63) is 0 Å². The summed E-state index contributed by atoms with van der Waals surface area (Å²) in [6, 6.07) is 1.40. The van der Waals surface area contributed by atoms with Crippen molar-refractivity contribution in [2.24, 2.45) is 0 Å². The van der Waals surface area contributed by atoms with Gasteiger partial charge in [-0.2, -0.15) is 0 Å². The molecule has 1 rings (SSSR count). The first-order valence-electron chi connectivity index (χ1n) is 7.79. The summed E-state index contributed by atoms with van der Waals surface area (Å²) in [4.78, 5) is 5.04. The van der Waals surface area contributed by atoms with E-state index in [1.54, 1.807) is 0 Å². The van der Waals surface area contributed by atoms with Crippen LogP contribution in [0.3, 0.4) is 0 Å². The molecule has 1 unspecified atom stereocenters. The van der Waals surface area contributed by atoms with Crippen molar-refractivity contribution in [3.8, 4) is 0 Å². The van der Waals surface area contributed by atoms with Gasteiger partial charge in [0.25, 0.3) is 0 Å². The Kier molecular flexibility index (Phi) is 7.87. The van der Waals surface area contributed by atoms with Crippen LogP contribution in [0.2, 0.25) is 0 Å². The highest BCUT2D eigenvalue weighted by molar-refractivity contribution is 4.75. The van der Waals surface area contributed by atoms with Gasteiger partial charge in [0.15, 0.2) is 0 Å². The molecule has 1 atom stereocenters. The Morgan fingerprint density at radius 1 is 1.28 bits per heavy atom. The van der Waals surface area contributed by atoms with Gasteiger partial charge in [-0.25, -0.2) is 0 Å². The normalized spacial score (nSPS) is 22.7. The Labute approximate surface area is 114 Å². The van der Waals surface area contributed by atoms with Crippen molar-refractivity contribution in [2.75, 3.05) is 39.8 Å². The quantitative estimate of drug-likeness (QED) is 0.752. The van der Waals surface area contributed by atoms with E-state index in [9.17, 15) is 0 Å². The standard InChI is InChI=1S/C15H33N3/c1-5-10-18-11-6-7-15(8-12-18)16-9-13-17(4)14(2)3/h14-16H,5-13H2,1-4H3. The van der Waals surface area contributed by atoms with Gasteiger partial charge in [-0.3, -0.25) is 0 Å². The van der Waals surface area contributed by atoms with Crippen LogP contribution in [-0.2, 0) is 0 Å². The van der Waals surface area contributed by atoms with Gasteiger partial charge in [0.05, 0.1) is 0 Å². The van der Waals surface area contributed by atoms with E-state index in [1.165, 1.54) is 45.3 Å². The maximum Gasteiger partial charge on any atom is 0.0107 e. The minimum Gasteiger partial charge on any atom is -0.313 e. The van der Waals surface area contributed by atoms with Crippen molar-refractivity contribution >= 4 is 0 Å². The smallest absolute Gasteiger partial charge is 0.0107 e. The van der Waals surface area contributed by atoms with Crippen LogP contribution in [-0.4, -0.2) is 61.7 Å². The lowest BCUT2D eigenvalue weighted by molar-refractivity contribution is 0.263. The molecule has 3 heteroatoms. The molecule has 0 aromatic rings. The summed E-state index contributed by atoms with van der Waals surface area (Å²) >= 11 is 0. The molecule has 0 aliphatic carbocycles. The van der Waals surface area contributed by atoms with E-state index in [0.717, 1.165) is 19.1 Å². The lowest BCUT2D eigenvalue weighted by Gasteiger charge is -2.23. The van der Waals surface area contributed by atoms with Gasteiger partial charge in [0.2, 0.25) is 0 Å². The molecule has 0 bridgehead atoms. The third-order valence-corrected chi connectivity index (χ3v) is 4.14. The number of hydrogen-bond donors (Lipinski definition) is 1. The molecule has 0 radical (unpaired) electrons. The van der Waals surface area contributed by atoms with Crippen LogP contribution in [0.4, 0.5) is 0 Å². The number of nitrogens with zero attached hydrogens (tertiary/aromatic N) is 2. The molecule has 0 aromatic carbocycles. The molecule has 1 aliphatic heterocycles. The van der Waals surface area contributed by atoms with Crippen LogP contribution in [0.5, 0.6) is 0 Å². The average Bonchev–Trinajstić information content (AvgIpc) is 2.55. The van der Waals surface area contributed by atoms with Crippen LogP contribution in [0.25, 0.3) is 0 Å². The van der Waals surface area contributed by atoms with Crippen molar-refractivity contribution in [2.45, 2.75) is 58.5 Å². The highest BCUT2D eigenvalue weighted by Gasteiger charge is 2.15. The molecule has 1 heterocycles. The topological polar surface area (TPSA) is 18.5 Å². The summed E-state index contributed by atoms with van der Waals surface area (Å²) in [6.07, 6.45) is 5.33. The van der Waals surface area contributed by atoms with Gasteiger partial charge in [0.1, 0.15) is 0 Å². The zero-order chi connectivity index (χ0) is 13.4. The van der Waals surface area contributed by atoms with E-state index in [0.29, 0.717) is 6.04 Å². The number of rotatable bonds is 7. The first-order chi connectivity index (χ1) is 8.63. The molecule has 18 heavy (non-hydrogen) atoms. The molecule has 0 amide bonds. The maximum atomic E-state index is 3.74. The molecule has 0 aromatic heterocycles. The lowest BCUT2D eigenvalue weighted by atomic mass is 10.1. The first kappa shape index (κ1) is 15.9. The summed E-state index contributed by atoms with van der Waals surface area (Å²) in [5.41, 5.74) is 0. The van der Waals surface area contributed by atoms with Crippen LogP contribution in [0.1, 0.15) is 46.5 Å². The highest BCUT2D eigenvalue weighted by atomic mass is 15.1. The second kappa shape index (κ2) is 8.89. The number of hydrogen-bond acceptors (Lipinski definition) is 3. The van der Waals surface area contributed by atoms with Crippen LogP contribution >= 0.6 is 0 Å². The van der Waals surface area contributed by atoms with Crippen molar-refractivity contribution in [3.63, 3.8) is 0 Å². The van der Waals surface area contributed by atoms with Gasteiger partial charge in [0, 0.05) is 25.2 Å².